The number of nitrogens with zero attached hydrogens (tertiary/aromatic N) is 3. The maximum Gasteiger partial charge on any atom is 0.236 e. The fourth-order valence-corrected chi connectivity index (χ4v) is 6.03. The molecule has 0 bridgehead atoms. The van der Waals surface area contributed by atoms with Gasteiger partial charge in [-0.3, -0.25) is 9.59 Å². The van der Waals surface area contributed by atoms with Crippen molar-refractivity contribution < 1.29 is 38.4 Å². The molecule has 0 fully saturated rings. The largest absolute Gasteiger partial charge is 0.502 e. The highest BCUT2D eigenvalue weighted by Crippen LogP contribution is 2.56. The molecule has 208 valence electrons. The highest BCUT2D eigenvalue weighted by Gasteiger charge is 2.63. The van der Waals surface area contributed by atoms with E-state index in [1.165, 1.54) is 45.5 Å². The Kier molecular flexibility index (Phi) is 5.84. The Morgan fingerprint density at radius 2 is 1.68 bits per heavy atom. The summed E-state index contributed by atoms with van der Waals surface area (Å²) in [7, 11) is 5.65. The lowest BCUT2D eigenvalue weighted by molar-refractivity contribution is -0.130. The van der Waals surface area contributed by atoms with Crippen molar-refractivity contribution in [2.75, 3.05) is 33.8 Å². The number of phenolic OH excluding ortho intramolecular Hbond substituents is 1. The van der Waals surface area contributed by atoms with E-state index in [9.17, 15) is 14.7 Å². The molecule has 40 heavy (non-hydrogen) atoms. The SMILES string of the molecule is COc1cc([C@H]2C3=C(C[C@@H](C)[C@]4(Oc5c(Cl)c(OC)cc(OC)c5C4=O)C3=O)Nc3ncnn32)cc(OC)c1O. The lowest BCUT2D eigenvalue weighted by Gasteiger charge is -2.41. The average molecular weight is 569 g/mol. The van der Waals surface area contributed by atoms with Gasteiger partial charge in [0.1, 0.15) is 34.5 Å². The molecule has 2 aromatic carbocycles. The molecule has 3 heterocycles. The molecule has 0 radical (unpaired) electrons. The second kappa shape index (κ2) is 9.05. The van der Waals surface area contributed by atoms with E-state index in [4.69, 9.17) is 35.3 Å². The Bertz CT molecular complexity index is 1610. The van der Waals surface area contributed by atoms with Crippen LogP contribution in [0, 0.1) is 5.92 Å². The Morgan fingerprint density at radius 3 is 2.30 bits per heavy atom. The number of aromatic hydroxyl groups is 1. The normalized spacial score (nSPS) is 22.8. The van der Waals surface area contributed by atoms with Crippen LogP contribution in [0.2, 0.25) is 5.02 Å². The van der Waals surface area contributed by atoms with Crippen LogP contribution < -0.4 is 29.0 Å². The number of aromatic nitrogens is 3. The summed E-state index contributed by atoms with van der Waals surface area (Å²) in [6.45, 7) is 1.77. The number of allylic oxidation sites excluding steroid dienone is 1. The first-order valence-corrected chi connectivity index (χ1v) is 12.7. The maximum atomic E-state index is 14.7. The smallest absolute Gasteiger partial charge is 0.236 e. The molecule has 3 aromatic rings. The number of phenols is 1. The summed E-state index contributed by atoms with van der Waals surface area (Å²) in [4.78, 5) is 33.2. The molecule has 2 aliphatic heterocycles. The van der Waals surface area contributed by atoms with Crippen LogP contribution in [0.25, 0.3) is 0 Å². The molecule has 2 N–H and O–H groups in total. The number of carbonyl (C=O) groups is 2. The summed E-state index contributed by atoms with van der Waals surface area (Å²) in [6.07, 6.45) is 1.63. The number of ether oxygens (including phenoxy) is 5. The van der Waals surface area contributed by atoms with Crippen molar-refractivity contribution in [2.24, 2.45) is 5.92 Å². The summed E-state index contributed by atoms with van der Waals surface area (Å²) in [6, 6.07) is 3.80. The predicted molar refractivity (Wildman–Crippen MR) is 141 cm³/mol. The number of rotatable bonds is 5. The predicted octanol–water partition coefficient (Wildman–Crippen LogP) is 3.56. The van der Waals surface area contributed by atoms with Gasteiger partial charge in [0.05, 0.1) is 28.4 Å². The zero-order chi connectivity index (χ0) is 28.5. The number of anilines is 1. The summed E-state index contributed by atoms with van der Waals surface area (Å²) < 4.78 is 29.4. The van der Waals surface area contributed by atoms with Crippen molar-refractivity contribution in [3.05, 3.63) is 51.9 Å². The van der Waals surface area contributed by atoms with Gasteiger partial charge in [-0.2, -0.15) is 10.1 Å². The number of nitrogens with one attached hydrogen (secondary N) is 1. The molecule has 0 amide bonds. The van der Waals surface area contributed by atoms with Gasteiger partial charge < -0.3 is 34.1 Å². The van der Waals surface area contributed by atoms with Crippen LogP contribution in [0.5, 0.6) is 34.5 Å². The summed E-state index contributed by atoms with van der Waals surface area (Å²) in [5, 5.41) is 18.2. The van der Waals surface area contributed by atoms with E-state index < -0.39 is 29.1 Å². The third-order valence-corrected chi connectivity index (χ3v) is 8.06. The molecule has 0 saturated heterocycles. The number of methoxy groups -OCH3 is 4. The third kappa shape index (κ3) is 3.25. The number of hydrogen-bond donors (Lipinski definition) is 2. The standard InChI is InChI=1S/C27H25ClN4O8/c1-11-6-13-18(24(34)27(11)25(35)19-14(36-2)9-15(37-3)20(28)23(19)40-27)21(32-26(31-13)29-10-30-32)12-7-16(38-4)22(33)17(8-12)39-5/h7-11,21,33H,6H2,1-5H3,(H,29,30,31)/t11-,21+,27+/m1/s1. The van der Waals surface area contributed by atoms with Gasteiger partial charge in [-0.25, -0.2) is 4.68 Å². The van der Waals surface area contributed by atoms with Crippen LogP contribution in [-0.2, 0) is 4.79 Å². The lowest BCUT2D eigenvalue weighted by Crippen LogP contribution is -2.58. The second-order valence-electron chi connectivity index (χ2n) is 9.62. The molecule has 0 saturated carbocycles. The minimum atomic E-state index is -1.92. The molecule has 1 aromatic heterocycles. The van der Waals surface area contributed by atoms with E-state index in [2.05, 4.69) is 15.4 Å². The van der Waals surface area contributed by atoms with Gasteiger partial charge in [-0.1, -0.05) is 18.5 Å². The summed E-state index contributed by atoms with van der Waals surface area (Å²) in [5.41, 5.74) is -0.525. The van der Waals surface area contributed by atoms with Crippen molar-refractivity contribution in [1.29, 1.82) is 0 Å². The van der Waals surface area contributed by atoms with Gasteiger partial charge in [0, 0.05) is 23.3 Å². The van der Waals surface area contributed by atoms with E-state index >= 15 is 0 Å². The first-order chi connectivity index (χ1) is 19.2. The maximum absolute atomic E-state index is 14.7. The number of hydrogen-bond acceptors (Lipinski definition) is 11. The molecule has 3 atom stereocenters. The Labute approximate surface area is 233 Å². The quantitative estimate of drug-likeness (QED) is 0.436. The monoisotopic (exact) mass is 568 g/mol. The van der Waals surface area contributed by atoms with Crippen molar-refractivity contribution in [2.45, 2.75) is 25.0 Å². The van der Waals surface area contributed by atoms with Crippen molar-refractivity contribution in [1.82, 2.24) is 14.8 Å². The Morgan fingerprint density at radius 1 is 1.02 bits per heavy atom. The lowest BCUT2D eigenvalue weighted by atomic mass is 9.69. The Balaban J connectivity index is 1.56. The van der Waals surface area contributed by atoms with Crippen LogP contribution in [0.15, 0.2) is 35.8 Å². The van der Waals surface area contributed by atoms with Gasteiger partial charge in [-0.05, 0) is 24.1 Å². The van der Waals surface area contributed by atoms with Gasteiger partial charge in [0.2, 0.25) is 28.9 Å². The molecule has 1 aliphatic carbocycles. The third-order valence-electron chi connectivity index (χ3n) is 7.70. The van der Waals surface area contributed by atoms with Crippen LogP contribution in [0.1, 0.15) is 35.3 Å². The Hall–Kier alpha value is -4.45. The molecular formula is C27H25ClN4O8. The number of benzene rings is 2. The van der Waals surface area contributed by atoms with Gasteiger partial charge in [0.15, 0.2) is 17.2 Å². The fourth-order valence-electron chi connectivity index (χ4n) is 5.77. The first-order valence-electron chi connectivity index (χ1n) is 12.3. The highest BCUT2D eigenvalue weighted by atomic mass is 35.5. The summed E-state index contributed by atoms with van der Waals surface area (Å²) >= 11 is 6.57. The van der Waals surface area contributed by atoms with Crippen molar-refractivity contribution in [3.8, 4) is 34.5 Å². The van der Waals surface area contributed by atoms with Gasteiger partial charge >= 0.3 is 0 Å². The second-order valence-corrected chi connectivity index (χ2v) is 10.0. The molecule has 3 aliphatic rings. The molecule has 13 heteroatoms. The van der Waals surface area contributed by atoms with Crippen molar-refractivity contribution >= 4 is 29.1 Å². The van der Waals surface area contributed by atoms with E-state index in [0.717, 1.165) is 0 Å². The molecule has 6 rings (SSSR count). The molecule has 1 spiro atoms. The van der Waals surface area contributed by atoms with Crippen molar-refractivity contribution in [3.63, 3.8) is 0 Å². The van der Waals surface area contributed by atoms with E-state index in [-0.39, 0.29) is 57.1 Å². The molecule has 12 nitrogen and oxygen atoms in total. The zero-order valence-electron chi connectivity index (χ0n) is 22.2. The summed E-state index contributed by atoms with van der Waals surface area (Å²) in [5.74, 6) is -0.800. The van der Waals surface area contributed by atoms with E-state index in [1.807, 2.05) is 0 Å². The number of ketones is 2. The van der Waals surface area contributed by atoms with E-state index in [1.54, 1.807) is 19.1 Å². The minimum Gasteiger partial charge on any atom is -0.502 e. The highest BCUT2D eigenvalue weighted by molar-refractivity contribution is 6.36. The van der Waals surface area contributed by atoms with E-state index in [0.29, 0.717) is 17.2 Å². The van der Waals surface area contributed by atoms with Crippen LogP contribution in [0.3, 0.4) is 0 Å². The average Bonchev–Trinajstić information content (AvgIpc) is 3.55. The number of fused-ring (bicyclic) bond motifs is 2. The van der Waals surface area contributed by atoms with Crippen LogP contribution >= 0.6 is 11.6 Å². The molecule has 0 unspecified atom stereocenters. The number of carbonyl (C=O) groups excluding carboxylic acids is 2. The fraction of sp³-hybridized carbons (Fsp3) is 0.333. The molecular weight excluding hydrogens is 544 g/mol. The minimum absolute atomic E-state index is 0.0295. The van der Waals surface area contributed by atoms with Gasteiger partial charge in [-0.15, -0.1) is 0 Å². The first kappa shape index (κ1) is 25.8. The number of halogens is 1. The topological polar surface area (TPSA) is 143 Å². The van der Waals surface area contributed by atoms with Crippen LogP contribution in [0.4, 0.5) is 5.95 Å². The van der Waals surface area contributed by atoms with Gasteiger partial charge in [0.25, 0.3) is 0 Å². The number of Topliss-reactive ketones (excluding diaryl/α,β-unsaturated/α-hetero) is 2. The zero-order valence-corrected chi connectivity index (χ0v) is 23.0. The van der Waals surface area contributed by atoms with Crippen LogP contribution in [-0.4, -0.2) is 65.5 Å².